The van der Waals surface area contributed by atoms with Gasteiger partial charge >= 0.3 is 5.97 Å². The first-order valence-corrected chi connectivity index (χ1v) is 33.3. The standard InChI is InChI=1S/C68H129NO5/c1-3-5-7-9-11-13-15-17-19-21-22-23-24-26-29-32-36-40-44-48-52-56-60-66(71)65(64-70)69-67(72)61-57-53-49-45-41-37-33-30-27-25-28-31-35-39-43-47-51-55-59-63-74-68(73)62-58-54-50-46-42-38-34-20-18-16-14-12-10-8-6-4-2/h20,25,27,34,56,60,65-66,70-71H,3-19,21-24,26,28-33,35-55,57-59,61-64H2,1-2H3,(H,69,72)/b27-25-,34-20-,60-56+. The maximum absolute atomic E-state index is 12.5. The van der Waals surface area contributed by atoms with Gasteiger partial charge in [0.05, 0.1) is 25.4 Å². The van der Waals surface area contributed by atoms with Crippen molar-refractivity contribution in [3.63, 3.8) is 0 Å². The van der Waals surface area contributed by atoms with Gasteiger partial charge in [0.25, 0.3) is 0 Å². The number of rotatable bonds is 62. The first kappa shape index (κ1) is 72.1. The van der Waals surface area contributed by atoms with E-state index in [1.807, 2.05) is 6.08 Å². The minimum atomic E-state index is -0.852. The second-order valence-corrected chi connectivity index (χ2v) is 22.8. The van der Waals surface area contributed by atoms with Gasteiger partial charge in [0.2, 0.25) is 5.91 Å². The number of hydrogen-bond donors (Lipinski definition) is 3. The molecule has 3 N–H and O–H groups in total. The summed E-state index contributed by atoms with van der Waals surface area (Å²) >= 11 is 0. The van der Waals surface area contributed by atoms with Gasteiger partial charge < -0.3 is 20.3 Å². The van der Waals surface area contributed by atoms with E-state index in [2.05, 4.69) is 43.5 Å². The predicted octanol–water partition coefficient (Wildman–Crippen LogP) is 21.1. The lowest BCUT2D eigenvalue weighted by molar-refractivity contribution is -0.143. The molecule has 0 bridgehead atoms. The molecule has 74 heavy (non-hydrogen) atoms. The van der Waals surface area contributed by atoms with E-state index in [9.17, 15) is 19.8 Å². The van der Waals surface area contributed by atoms with Crippen LogP contribution in [-0.2, 0) is 14.3 Å². The molecule has 1 amide bonds. The average molecular weight is 1040 g/mol. The lowest BCUT2D eigenvalue weighted by Gasteiger charge is -2.20. The van der Waals surface area contributed by atoms with Gasteiger partial charge in [-0.05, 0) is 83.5 Å². The lowest BCUT2D eigenvalue weighted by Crippen LogP contribution is -2.45. The zero-order valence-corrected chi connectivity index (χ0v) is 49.8. The molecular weight excluding hydrogens is 911 g/mol. The summed E-state index contributed by atoms with van der Waals surface area (Å²) in [6.07, 6.45) is 80.5. The molecule has 0 rings (SSSR count). The lowest BCUT2D eigenvalue weighted by atomic mass is 10.0. The molecule has 0 spiro atoms. The van der Waals surface area contributed by atoms with Crippen molar-refractivity contribution >= 4 is 11.9 Å². The monoisotopic (exact) mass is 1040 g/mol. The van der Waals surface area contributed by atoms with Crippen molar-refractivity contribution in [2.45, 2.75) is 373 Å². The summed E-state index contributed by atoms with van der Waals surface area (Å²) in [7, 11) is 0. The highest BCUT2D eigenvalue weighted by Gasteiger charge is 2.18. The third-order valence-corrected chi connectivity index (χ3v) is 15.4. The van der Waals surface area contributed by atoms with Gasteiger partial charge in [0.1, 0.15) is 0 Å². The number of esters is 1. The molecule has 0 aliphatic carbocycles. The smallest absolute Gasteiger partial charge is 0.305 e. The predicted molar refractivity (Wildman–Crippen MR) is 324 cm³/mol. The Morgan fingerprint density at radius 2 is 0.635 bits per heavy atom. The molecule has 0 heterocycles. The van der Waals surface area contributed by atoms with Gasteiger partial charge in [-0.1, -0.05) is 301 Å². The summed E-state index contributed by atoms with van der Waals surface area (Å²) < 4.78 is 5.48. The van der Waals surface area contributed by atoms with Crippen LogP contribution in [0.4, 0.5) is 0 Å². The molecule has 0 fully saturated rings. The molecule has 6 heteroatoms. The quantitative estimate of drug-likeness (QED) is 0.0320. The van der Waals surface area contributed by atoms with E-state index in [-0.39, 0.29) is 18.5 Å². The number of unbranched alkanes of at least 4 members (excludes halogenated alkanes) is 47. The molecule has 0 aromatic rings. The summed E-state index contributed by atoms with van der Waals surface area (Å²) in [5.41, 5.74) is 0. The fraction of sp³-hybridized carbons (Fsp3) is 0.882. The van der Waals surface area contributed by atoms with Crippen molar-refractivity contribution in [2.24, 2.45) is 0 Å². The van der Waals surface area contributed by atoms with Gasteiger partial charge in [-0.25, -0.2) is 0 Å². The number of carbonyl (C=O) groups excluding carboxylic acids is 2. The average Bonchev–Trinajstić information content (AvgIpc) is 3.40. The summed E-state index contributed by atoms with van der Waals surface area (Å²) in [4.78, 5) is 24.6. The molecule has 0 saturated heterocycles. The fourth-order valence-corrected chi connectivity index (χ4v) is 10.3. The van der Waals surface area contributed by atoms with Gasteiger partial charge in [0.15, 0.2) is 0 Å². The number of allylic oxidation sites excluding steroid dienone is 5. The van der Waals surface area contributed by atoms with Crippen molar-refractivity contribution in [2.75, 3.05) is 13.2 Å². The van der Waals surface area contributed by atoms with Gasteiger partial charge in [-0.2, -0.15) is 0 Å². The second kappa shape index (κ2) is 63.6. The third kappa shape index (κ3) is 59.3. The highest BCUT2D eigenvalue weighted by Crippen LogP contribution is 2.17. The number of carbonyl (C=O) groups is 2. The van der Waals surface area contributed by atoms with Crippen LogP contribution in [0.25, 0.3) is 0 Å². The van der Waals surface area contributed by atoms with E-state index in [4.69, 9.17) is 4.74 Å². The second-order valence-electron chi connectivity index (χ2n) is 22.8. The van der Waals surface area contributed by atoms with Crippen LogP contribution in [0.1, 0.15) is 361 Å². The first-order chi connectivity index (χ1) is 36.5. The van der Waals surface area contributed by atoms with Crippen LogP contribution in [0.5, 0.6) is 0 Å². The van der Waals surface area contributed by atoms with E-state index < -0.39 is 12.1 Å². The molecule has 436 valence electrons. The number of amides is 1. The van der Waals surface area contributed by atoms with Crippen molar-refractivity contribution in [3.8, 4) is 0 Å². The van der Waals surface area contributed by atoms with Crippen molar-refractivity contribution in [1.29, 1.82) is 0 Å². The summed E-state index contributed by atoms with van der Waals surface area (Å²) in [6, 6.07) is -0.637. The molecule has 6 nitrogen and oxygen atoms in total. The Morgan fingerprint density at radius 3 is 0.959 bits per heavy atom. The Morgan fingerprint density at radius 1 is 0.365 bits per heavy atom. The SMILES string of the molecule is CCCCCCCCC/C=C\CCCCCCCC(=O)OCCCCCCCCCC/C=C\CCCCCCCCCC(=O)NC(CO)C(O)/C=C/CCCCCCCCCCCCCCCCCCCCCC. The zero-order valence-electron chi connectivity index (χ0n) is 49.8. The van der Waals surface area contributed by atoms with Crippen molar-refractivity contribution < 1.29 is 24.5 Å². The minimum Gasteiger partial charge on any atom is -0.466 e. The van der Waals surface area contributed by atoms with Crippen LogP contribution in [-0.4, -0.2) is 47.4 Å². The van der Waals surface area contributed by atoms with Gasteiger partial charge in [0, 0.05) is 12.8 Å². The maximum Gasteiger partial charge on any atom is 0.305 e. The summed E-state index contributed by atoms with van der Waals surface area (Å²) in [6.45, 7) is 4.91. The number of ether oxygens (including phenoxy) is 1. The number of aliphatic hydroxyl groups excluding tert-OH is 2. The molecule has 0 aliphatic rings. The zero-order chi connectivity index (χ0) is 53.6. The Labute approximate surface area is 462 Å². The van der Waals surface area contributed by atoms with Crippen LogP contribution in [0.2, 0.25) is 0 Å². The molecule has 0 aliphatic heterocycles. The minimum absolute atomic E-state index is 0.00374. The molecule has 2 atom stereocenters. The normalized spacial score (nSPS) is 12.8. The van der Waals surface area contributed by atoms with Crippen LogP contribution in [0, 0.1) is 0 Å². The Hall–Kier alpha value is -1.92. The van der Waals surface area contributed by atoms with Crippen LogP contribution >= 0.6 is 0 Å². The van der Waals surface area contributed by atoms with E-state index in [1.165, 1.54) is 283 Å². The molecule has 0 saturated carbocycles. The largest absolute Gasteiger partial charge is 0.466 e. The highest BCUT2D eigenvalue weighted by atomic mass is 16.5. The third-order valence-electron chi connectivity index (χ3n) is 15.4. The maximum atomic E-state index is 12.5. The molecule has 0 aromatic heterocycles. The number of nitrogens with one attached hydrogen (secondary N) is 1. The Kier molecular flexibility index (Phi) is 62.0. The summed E-state index contributed by atoms with van der Waals surface area (Å²) in [5, 5.41) is 23.2. The van der Waals surface area contributed by atoms with E-state index >= 15 is 0 Å². The van der Waals surface area contributed by atoms with Crippen molar-refractivity contribution in [1.82, 2.24) is 5.32 Å². The van der Waals surface area contributed by atoms with Crippen LogP contribution < -0.4 is 5.32 Å². The molecule has 2 unspecified atom stereocenters. The van der Waals surface area contributed by atoms with Gasteiger partial charge in [-0.15, -0.1) is 0 Å². The van der Waals surface area contributed by atoms with E-state index in [0.717, 1.165) is 51.4 Å². The van der Waals surface area contributed by atoms with E-state index in [0.29, 0.717) is 19.4 Å². The Balaban J connectivity index is 3.47. The number of hydrogen-bond acceptors (Lipinski definition) is 5. The highest BCUT2D eigenvalue weighted by molar-refractivity contribution is 5.76. The van der Waals surface area contributed by atoms with Crippen molar-refractivity contribution in [3.05, 3.63) is 36.5 Å². The van der Waals surface area contributed by atoms with Gasteiger partial charge in [-0.3, -0.25) is 9.59 Å². The van der Waals surface area contributed by atoms with Crippen LogP contribution in [0.3, 0.4) is 0 Å². The summed E-state index contributed by atoms with van der Waals surface area (Å²) in [5.74, 6) is -0.0785. The first-order valence-electron chi connectivity index (χ1n) is 33.3. The van der Waals surface area contributed by atoms with E-state index in [1.54, 1.807) is 6.08 Å². The number of aliphatic hydroxyl groups is 2. The Bertz CT molecular complexity index is 1200. The fourth-order valence-electron chi connectivity index (χ4n) is 10.3. The molecule has 0 aromatic carbocycles. The van der Waals surface area contributed by atoms with Crippen LogP contribution in [0.15, 0.2) is 36.5 Å². The molecular formula is C68H129NO5. The molecule has 0 radical (unpaired) electrons. The topological polar surface area (TPSA) is 95.9 Å².